The molecule has 0 saturated heterocycles. The Hall–Kier alpha value is -0.910. The van der Waals surface area contributed by atoms with Crippen molar-refractivity contribution in [3.63, 3.8) is 0 Å². The Balaban J connectivity index is 3.49. The average molecular weight is 877 g/mol. The summed E-state index contributed by atoms with van der Waals surface area (Å²) in [7, 11) is 0. The molecule has 0 bridgehead atoms. The van der Waals surface area contributed by atoms with E-state index in [0.717, 1.165) is 38.5 Å². The second-order valence-corrected chi connectivity index (χ2v) is 19.9. The zero-order chi connectivity index (χ0) is 45.1. The second kappa shape index (κ2) is 52.7. The highest BCUT2D eigenvalue weighted by atomic mass is 16.3. The van der Waals surface area contributed by atoms with Crippen molar-refractivity contribution in [1.82, 2.24) is 5.32 Å². The lowest BCUT2D eigenvalue weighted by molar-refractivity contribution is -0.124. The highest BCUT2D eigenvalue weighted by Gasteiger charge is 2.26. The third-order valence-electron chi connectivity index (χ3n) is 13.6. The number of aliphatic hydroxyl groups is 3. The van der Waals surface area contributed by atoms with Crippen molar-refractivity contribution in [2.75, 3.05) is 6.61 Å². The lowest BCUT2D eigenvalue weighted by atomic mass is 10.0. The molecule has 0 aliphatic rings. The predicted octanol–water partition coefficient (Wildman–Crippen LogP) is 17.5. The van der Waals surface area contributed by atoms with E-state index in [0.29, 0.717) is 12.8 Å². The topological polar surface area (TPSA) is 89.8 Å². The molecular formula is C57H113NO4. The fraction of sp³-hybridized carbons (Fsp3) is 0.947. The quantitative estimate of drug-likeness (QED) is 0.0362. The monoisotopic (exact) mass is 876 g/mol. The van der Waals surface area contributed by atoms with Crippen LogP contribution in [0.4, 0.5) is 0 Å². The van der Waals surface area contributed by atoms with E-state index in [-0.39, 0.29) is 12.5 Å². The van der Waals surface area contributed by atoms with Crippen LogP contribution in [-0.2, 0) is 4.79 Å². The normalized spacial score (nSPS) is 13.3. The summed E-state index contributed by atoms with van der Waals surface area (Å²) >= 11 is 0. The number of carbonyl (C=O) groups is 1. The minimum Gasteiger partial charge on any atom is -0.394 e. The molecule has 0 radical (unpaired) electrons. The van der Waals surface area contributed by atoms with E-state index in [1.54, 1.807) is 0 Å². The number of hydrogen-bond acceptors (Lipinski definition) is 4. The Morgan fingerprint density at radius 2 is 0.645 bits per heavy atom. The second-order valence-electron chi connectivity index (χ2n) is 19.9. The van der Waals surface area contributed by atoms with Crippen LogP contribution in [-0.4, -0.2) is 46.1 Å². The van der Waals surface area contributed by atoms with Crippen LogP contribution >= 0.6 is 0 Å². The van der Waals surface area contributed by atoms with Crippen molar-refractivity contribution in [2.45, 2.75) is 340 Å². The van der Waals surface area contributed by atoms with Gasteiger partial charge >= 0.3 is 0 Å². The SMILES string of the molecule is CCCCCCCCCCCCCCC/C=C/CCCC(O)C(O)C(CO)NC(=O)CCCCCCCCCCCCCCCCCCCCCCCCCCCCCCCC. The Bertz CT molecular complexity index is 879. The summed E-state index contributed by atoms with van der Waals surface area (Å²) in [4.78, 5) is 12.5. The first-order valence-electron chi connectivity index (χ1n) is 28.5. The van der Waals surface area contributed by atoms with E-state index >= 15 is 0 Å². The molecule has 0 heterocycles. The van der Waals surface area contributed by atoms with Crippen molar-refractivity contribution in [2.24, 2.45) is 0 Å². The van der Waals surface area contributed by atoms with Crippen LogP contribution in [0.3, 0.4) is 0 Å². The van der Waals surface area contributed by atoms with Gasteiger partial charge in [0.15, 0.2) is 0 Å². The molecule has 62 heavy (non-hydrogen) atoms. The molecule has 0 fully saturated rings. The zero-order valence-electron chi connectivity index (χ0n) is 42.3. The van der Waals surface area contributed by atoms with Crippen molar-refractivity contribution in [1.29, 1.82) is 0 Å². The summed E-state index contributed by atoms with van der Waals surface area (Å²) in [5.74, 6) is -0.147. The smallest absolute Gasteiger partial charge is 0.220 e. The summed E-state index contributed by atoms with van der Waals surface area (Å²) in [5, 5.41) is 33.7. The highest BCUT2D eigenvalue weighted by Crippen LogP contribution is 2.18. The summed E-state index contributed by atoms with van der Waals surface area (Å²) < 4.78 is 0. The van der Waals surface area contributed by atoms with E-state index in [1.807, 2.05) is 0 Å². The molecule has 1 amide bonds. The maximum absolute atomic E-state index is 12.5. The molecule has 0 aromatic heterocycles. The van der Waals surface area contributed by atoms with Crippen molar-refractivity contribution < 1.29 is 20.1 Å². The molecule has 0 spiro atoms. The van der Waals surface area contributed by atoms with Crippen molar-refractivity contribution >= 4 is 5.91 Å². The molecule has 5 nitrogen and oxygen atoms in total. The minimum atomic E-state index is -1.16. The molecule has 0 aliphatic heterocycles. The molecule has 0 saturated carbocycles. The van der Waals surface area contributed by atoms with Gasteiger partial charge < -0.3 is 20.6 Å². The van der Waals surface area contributed by atoms with E-state index in [2.05, 4.69) is 31.3 Å². The van der Waals surface area contributed by atoms with Crippen LogP contribution in [0.15, 0.2) is 12.2 Å². The van der Waals surface area contributed by atoms with Crippen LogP contribution in [0.1, 0.15) is 322 Å². The van der Waals surface area contributed by atoms with Gasteiger partial charge in [0.25, 0.3) is 0 Å². The molecule has 0 aromatic rings. The number of allylic oxidation sites excluding steroid dienone is 2. The number of aliphatic hydroxyl groups excluding tert-OH is 3. The number of amides is 1. The van der Waals surface area contributed by atoms with E-state index in [4.69, 9.17) is 0 Å². The van der Waals surface area contributed by atoms with Gasteiger partial charge in [-0.25, -0.2) is 0 Å². The molecule has 4 N–H and O–H groups in total. The molecule has 3 atom stereocenters. The van der Waals surface area contributed by atoms with Crippen molar-refractivity contribution in [3.8, 4) is 0 Å². The number of carbonyl (C=O) groups excluding carboxylic acids is 1. The largest absolute Gasteiger partial charge is 0.394 e. The molecule has 3 unspecified atom stereocenters. The Kier molecular flexibility index (Phi) is 51.9. The minimum absolute atomic E-state index is 0.147. The van der Waals surface area contributed by atoms with E-state index < -0.39 is 18.2 Å². The van der Waals surface area contributed by atoms with Crippen LogP contribution in [0.5, 0.6) is 0 Å². The average Bonchev–Trinajstić information content (AvgIpc) is 3.28. The van der Waals surface area contributed by atoms with Gasteiger partial charge in [-0.05, 0) is 38.5 Å². The maximum atomic E-state index is 12.5. The zero-order valence-corrected chi connectivity index (χ0v) is 42.3. The summed E-state index contributed by atoms with van der Waals surface area (Å²) in [6.45, 7) is 4.21. The molecular weight excluding hydrogens is 763 g/mol. The van der Waals surface area contributed by atoms with Crippen LogP contribution in [0.2, 0.25) is 0 Å². The Morgan fingerprint density at radius 1 is 0.387 bits per heavy atom. The number of hydrogen-bond donors (Lipinski definition) is 4. The molecule has 0 aliphatic carbocycles. The van der Waals surface area contributed by atoms with Gasteiger partial charge in [-0.1, -0.05) is 289 Å². The molecule has 0 rings (SSSR count). The first-order valence-corrected chi connectivity index (χ1v) is 28.5. The van der Waals surface area contributed by atoms with Crippen LogP contribution < -0.4 is 5.32 Å². The molecule has 0 aromatic carbocycles. The standard InChI is InChI=1S/C57H113NO4/c1-3-5-7-9-11-13-15-17-19-21-23-24-25-26-27-28-29-30-31-32-33-34-36-38-40-42-44-46-48-50-52-56(61)58-54(53-59)57(62)55(60)51-49-47-45-43-41-39-37-35-22-20-18-16-14-12-10-8-6-4-2/h43,45,54-55,57,59-60,62H,3-42,44,46-53H2,1-2H3,(H,58,61)/b45-43+. The van der Waals surface area contributed by atoms with Crippen LogP contribution in [0.25, 0.3) is 0 Å². The predicted molar refractivity (Wildman–Crippen MR) is 273 cm³/mol. The lowest BCUT2D eigenvalue weighted by Crippen LogP contribution is -2.50. The van der Waals surface area contributed by atoms with Gasteiger partial charge in [0.1, 0.15) is 6.10 Å². The number of nitrogens with one attached hydrogen (secondary N) is 1. The summed E-state index contributed by atoms with van der Waals surface area (Å²) in [6.07, 6.45) is 65.2. The third kappa shape index (κ3) is 47.1. The van der Waals surface area contributed by atoms with Crippen molar-refractivity contribution in [3.05, 3.63) is 12.2 Å². The number of rotatable bonds is 53. The maximum Gasteiger partial charge on any atom is 0.220 e. The first kappa shape index (κ1) is 61.1. The first-order chi connectivity index (χ1) is 30.6. The summed E-state index contributed by atoms with van der Waals surface area (Å²) in [6, 6.07) is -0.822. The van der Waals surface area contributed by atoms with Crippen LogP contribution in [0, 0.1) is 0 Å². The molecule has 5 heteroatoms. The summed E-state index contributed by atoms with van der Waals surface area (Å²) in [5.41, 5.74) is 0. The fourth-order valence-electron chi connectivity index (χ4n) is 9.23. The number of unbranched alkanes of at least 4 members (excludes halogenated alkanes) is 43. The fourth-order valence-corrected chi connectivity index (χ4v) is 9.23. The van der Waals surface area contributed by atoms with Gasteiger partial charge in [-0.2, -0.15) is 0 Å². The lowest BCUT2D eigenvalue weighted by Gasteiger charge is -2.26. The van der Waals surface area contributed by atoms with E-state index in [1.165, 1.54) is 257 Å². The van der Waals surface area contributed by atoms with Gasteiger partial charge in [-0.3, -0.25) is 4.79 Å². The Labute approximate surface area is 389 Å². The Morgan fingerprint density at radius 3 is 0.935 bits per heavy atom. The van der Waals surface area contributed by atoms with Gasteiger partial charge in [-0.15, -0.1) is 0 Å². The third-order valence-corrected chi connectivity index (χ3v) is 13.6. The van der Waals surface area contributed by atoms with Gasteiger partial charge in [0.2, 0.25) is 5.91 Å². The highest BCUT2D eigenvalue weighted by molar-refractivity contribution is 5.76. The molecule has 370 valence electrons. The van der Waals surface area contributed by atoms with Gasteiger partial charge in [0, 0.05) is 6.42 Å². The van der Waals surface area contributed by atoms with Gasteiger partial charge in [0.05, 0.1) is 18.8 Å². The van der Waals surface area contributed by atoms with E-state index in [9.17, 15) is 20.1 Å².